The van der Waals surface area contributed by atoms with E-state index in [-0.39, 0.29) is 0 Å². The van der Waals surface area contributed by atoms with Crippen LogP contribution in [0.1, 0.15) is 0 Å². The van der Waals surface area contributed by atoms with Gasteiger partial charge in [-0.25, -0.2) is 4.39 Å². The van der Waals surface area contributed by atoms with E-state index in [2.05, 4.69) is 4.74 Å². The molecular formula is C8H3ClF6O. The van der Waals surface area contributed by atoms with Gasteiger partial charge in [-0.1, -0.05) is 11.6 Å². The van der Waals surface area contributed by atoms with Gasteiger partial charge in [-0.2, -0.15) is 22.0 Å². The van der Waals surface area contributed by atoms with Crippen LogP contribution < -0.4 is 4.74 Å². The third kappa shape index (κ3) is 2.72. The minimum atomic E-state index is -5.90. The molecule has 0 saturated heterocycles. The summed E-state index contributed by atoms with van der Waals surface area (Å²) in [7, 11) is 0. The van der Waals surface area contributed by atoms with Crippen LogP contribution in [0.5, 0.6) is 5.75 Å². The lowest BCUT2D eigenvalue weighted by Crippen LogP contribution is -2.41. The molecule has 1 nitrogen and oxygen atoms in total. The van der Waals surface area contributed by atoms with E-state index < -0.39 is 28.9 Å². The van der Waals surface area contributed by atoms with Gasteiger partial charge >= 0.3 is 12.3 Å². The molecular weight excluding hydrogens is 262 g/mol. The fraction of sp³-hybridized carbons (Fsp3) is 0.250. The zero-order valence-electron chi connectivity index (χ0n) is 7.29. The number of halogens is 7. The molecule has 1 rings (SSSR count). The summed E-state index contributed by atoms with van der Waals surface area (Å²) in [4.78, 5) is 0. The zero-order valence-corrected chi connectivity index (χ0v) is 8.04. The Morgan fingerprint density at radius 2 is 1.62 bits per heavy atom. The van der Waals surface area contributed by atoms with Crippen LogP contribution in [0.2, 0.25) is 5.02 Å². The Kier molecular flexibility index (Phi) is 3.27. The lowest BCUT2D eigenvalue weighted by atomic mass is 10.3. The van der Waals surface area contributed by atoms with Crippen molar-refractivity contribution in [1.82, 2.24) is 0 Å². The summed E-state index contributed by atoms with van der Waals surface area (Å²) in [5, 5.41) is -0.551. The van der Waals surface area contributed by atoms with Crippen LogP contribution in [0.3, 0.4) is 0 Å². The van der Waals surface area contributed by atoms with Gasteiger partial charge in [0, 0.05) is 6.07 Å². The first kappa shape index (κ1) is 13.0. The summed E-state index contributed by atoms with van der Waals surface area (Å²) in [6, 6.07) is 1.93. The van der Waals surface area contributed by atoms with Gasteiger partial charge in [-0.15, -0.1) is 0 Å². The zero-order chi connectivity index (χ0) is 12.6. The van der Waals surface area contributed by atoms with Gasteiger partial charge in [0.25, 0.3) is 0 Å². The topological polar surface area (TPSA) is 9.23 Å². The van der Waals surface area contributed by atoms with Crippen molar-refractivity contribution in [2.24, 2.45) is 0 Å². The van der Waals surface area contributed by atoms with Gasteiger partial charge < -0.3 is 4.74 Å². The second-order valence-electron chi connectivity index (χ2n) is 2.69. The highest BCUT2D eigenvalue weighted by Gasteiger charge is 2.61. The Hall–Kier alpha value is -1.11. The molecule has 0 aromatic heterocycles. The number of benzene rings is 1. The van der Waals surface area contributed by atoms with E-state index >= 15 is 0 Å². The second-order valence-corrected chi connectivity index (χ2v) is 3.10. The van der Waals surface area contributed by atoms with Crippen molar-refractivity contribution < 1.29 is 31.1 Å². The van der Waals surface area contributed by atoms with E-state index in [1.807, 2.05) is 0 Å². The molecule has 0 spiro atoms. The molecule has 0 amide bonds. The highest BCUT2D eigenvalue weighted by atomic mass is 35.5. The van der Waals surface area contributed by atoms with Gasteiger partial charge in [0.1, 0.15) is 11.6 Å². The minimum absolute atomic E-state index is 0.335. The number of hydrogen-bond acceptors (Lipinski definition) is 1. The molecule has 0 unspecified atom stereocenters. The molecule has 0 radical (unpaired) electrons. The fourth-order valence-electron chi connectivity index (χ4n) is 0.751. The van der Waals surface area contributed by atoms with Crippen LogP contribution in [-0.2, 0) is 0 Å². The molecule has 0 aliphatic heterocycles. The first-order valence-electron chi connectivity index (χ1n) is 3.72. The van der Waals surface area contributed by atoms with Crippen molar-refractivity contribution in [2.75, 3.05) is 0 Å². The van der Waals surface area contributed by atoms with Crippen molar-refractivity contribution in [2.45, 2.75) is 12.3 Å². The Morgan fingerprint density at radius 1 is 1.06 bits per heavy atom. The largest absolute Gasteiger partial charge is 0.499 e. The molecule has 1 aromatic carbocycles. The maximum Gasteiger partial charge on any atom is 0.499 e. The molecule has 8 heteroatoms. The van der Waals surface area contributed by atoms with E-state index in [4.69, 9.17) is 11.6 Å². The SMILES string of the molecule is Fc1ccc(Cl)c(OC(F)(F)C(F)(F)F)c1. The summed E-state index contributed by atoms with van der Waals surface area (Å²) >= 11 is 5.26. The van der Waals surface area contributed by atoms with Crippen molar-refractivity contribution in [3.8, 4) is 5.75 Å². The molecule has 1 aromatic rings. The third-order valence-electron chi connectivity index (χ3n) is 1.46. The van der Waals surface area contributed by atoms with Gasteiger partial charge in [0.2, 0.25) is 0 Å². The number of rotatable bonds is 2. The maximum atomic E-state index is 12.6. The molecule has 0 aliphatic carbocycles. The highest BCUT2D eigenvalue weighted by molar-refractivity contribution is 6.32. The van der Waals surface area contributed by atoms with E-state index in [9.17, 15) is 26.3 Å². The smallest absolute Gasteiger partial charge is 0.424 e. The van der Waals surface area contributed by atoms with Crippen LogP contribution >= 0.6 is 11.6 Å². The van der Waals surface area contributed by atoms with E-state index in [0.717, 1.165) is 12.1 Å². The molecule has 90 valence electrons. The van der Waals surface area contributed by atoms with Crippen LogP contribution in [0, 0.1) is 5.82 Å². The van der Waals surface area contributed by atoms with Crippen molar-refractivity contribution in [3.63, 3.8) is 0 Å². The Labute approximate surface area is 90.6 Å². The van der Waals surface area contributed by atoms with E-state index in [0.29, 0.717) is 6.07 Å². The van der Waals surface area contributed by atoms with Gasteiger partial charge in [-0.05, 0) is 12.1 Å². The number of hydrogen-bond donors (Lipinski definition) is 0. The molecule has 0 aliphatic rings. The van der Waals surface area contributed by atoms with Crippen molar-refractivity contribution in [1.29, 1.82) is 0 Å². The third-order valence-corrected chi connectivity index (χ3v) is 1.77. The van der Waals surface area contributed by atoms with Crippen LogP contribution in [-0.4, -0.2) is 12.3 Å². The Morgan fingerprint density at radius 3 is 2.12 bits per heavy atom. The average Bonchev–Trinajstić information content (AvgIpc) is 2.09. The summed E-state index contributed by atoms with van der Waals surface area (Å²) < 4.78 is 75.9. The summed E-state index contributed by atoms with van der Waals surface area (Å²) in [6.45, 7) is 0. The Balaban J connectivity index is 3.01. The number of ether oxygens (including phenoxy) is 1. The lowest BCUT2D eigenvalue weighted by molar-refractivity contribution is -0.360. The second kappa shape index (κ2) is 4.04. The van der Waals surface area contributed by atoms with Crippen molar-refractivity contribution in [3.05, 3.63) is 29.0 Å². The van der Waals surface area contributed by atoms with Gasteiger partial charge in [0.05, 0.1) is 5.02 Å². The van der Waals surface area contributed by atoms with Gasteiger partial charge in [0.15, 0.2) is 0 Å². The predicted molar refractivity (Wildman–Crippen MR) is 43.0 cm³/mol. The number of alkyl halides is 5. The first-order chi connectivity index (χ1) is 7.13. The maximum absolute atomic E-state index is 12.6. The molecule has 0 atom stereocenters. The standard InChI is InChI=1S/C8H3ClF6O/c9-5-2-1-4(10)3-6(5)16-8(14,15)7(11,12)13/h1-3H. The van der Waals surface area contributed by atoms with Crippen LogP contribution in [0.25, 0.3) is 0 Å². The minimum Gasteiger partial charge on any atom is -0.424 e. The summed E-state index contributed by atoms with van der Waals surface area (Å²) in [6.07, 6.45) is -11.3. The molecule has 0 N–H and O–H groups in total. The predicted octanol–water partition coefficient (Wildman–Crippen LogP) is 4.01. The molecule has 16 heavy (non-hydrogen) atoms. The molecule has 0 saturated carbocycles. The molecule has 0 fully saturated rings. The normalized spacial score (nSPS) is 12.7. The van der Waals surface area contributed by atoms with Gasteiger partial charge in [-0.3, -0.25) is 0 Å². The first-order valence-corrected chi connectivity index (χ1v) is 4.10. The lowest BCUT2D eigenvalue weighted by Gasteiger charge is -2.20. The fourth-order valence-corrected chi connectivity index (χ4v) is 0.907. The highest BCUT2D eigenvalue weighted by Crippen LogP contribution is 2.39. The molecule has 0 bridgehead atoms. The quantitative estimate of drug-likeness (QED) is 0.733. The van der Waals surface area contributed by atoms with E-state index in [1.54, 1.807) is 0 Å². The molecule has 0 heterocycles. The Bertz CT molecular complexity index is 389. The summed E-state index contributed by atoms with van der Waals surface area (Å²) in [5.74, 6) is -2.12. The van der Waals surface area contributed by atoms with Crippen molar-refractivity contribution >= 4 is 11.6 Å². The van der Waals surface area contributed by atoms with E-state index in [1.165, 1.54) is 0 Å². The van der Waals surface area contributed by atoms with Crippen LogP contribution in [0.4, 0.5) is 26.3 Å². The monoisotopic (exact) mass is 264 g/mol. The summed E-state index contributed by atoms with van der Waals surface area (Å²) in [5.41, 5.74) is 0. The average molecular weight is 265 g/mol. The van der Waals surface area contributed by atoms with Crippen LogP contribution in [0.15, 0.2) is 18.2 Å².